The van der Waals surface area contributed by atoms with Crippen LogP contribution in [0.1, 0.15) is 24.8 Å². The van der Waals surface area contributed by atoms with Crippen molar-refractivity contribution in [2.24, 2.45) is 11.7 Å². The van der Waals surface area contributed by atoms with E-state index in [1.165, 1.54) is 0 Å². The number of hydrogen-bond acceptors (Lipinski definition) is 4. The van der Waals surface area contributed by atoms with Crippen molar-refractivity contribution in [1.82, 2.24) is 4.31 Å². The van der Waals surface area contributed by atoms with Crippen LogP contribution < -0.4 is 10.5 Å². The molecular formula is C15H22N2O3S. The molecule has 2 aliphatic heterocycles. The Labute approximate surface area is 126 Å². The van der Waals surface area contributed by atoms with Crippen molar-refractivity contribution in [2.75, 3.05) is 26.2 Å². The Hall–Kier alpha value is -1.11. The van der Waals surface area contributed by atoms with Crippen molar-refractivity contribution in [3.05, 3.63) is 23.8 Å². The first-order valence-electron chi connectivity index (χ1n) is 7.57. The molecule has 0 amide bonds. The molecular weight excluding hydrogens is 288 g/mol. The van der Waals surface area contributed by atoms with Gasteiger partial charge in [-0.15, -0.1) is 0 Å². The maximum atomic E-state index is 12.8. The standard InChI is InChI=1S/C15H22N2O3S/c16-7-5-12-2-1-8-17(11-12)21(18,19)14-3-4-15-13(10-14)6-9-20-15/h3-4,10,12H,1-2,5-9,11,16H2. The van der Waals surface area contributed by atoms with E-state index >= 15 is 0 Å². The van der Waals surface area contributed by atoms with Gasteiger partial charge < -0.3 is 10.5 Å². The molecule has 1 atom stereocenters. The van der Waals surface area contributed by atoms with Crippen molar-refractivity contribution in [2.45, 2.75) is 30.6 Å². The zero-order valence-electron chi connectivity index (χ0n) is 12.1. The van der Waals surface area contributed by atoms with Crippen LogP contribution in [0.3, 0.4) is 0 Å². The van der Waals surface area contributed by atoms with Gasteiger partial charge in [-0.2, -0.15) is 4.31 Å². The maximum Gasteiger partial charge on any atom is 0.243 e. The number of fused-ring (bicyclic) bond motifs is 1. The molecule has 1 fully saturated rings. The summed E-state index contributed by atoms with van der Waals surface area (Å²) in [5, 5.41) is 0. The highest BCUT2D eigenvalue weighted by Gasteiger charge is 2.30. The fourth-order valence-corrected chi connectivity index (χ4v) is 4.79. The molecule has 21 heavy (non-hydrogen) atoms. The Balaban J connectivity index is 1.83. The minimum absolute atomic E-state index is 0.385. The lowest BCUT2D eigenvalue weighted by molar-refractivity contribution is 0.258. The quantitative estimate of drug-likeness (QED) is 0.911. The summed E-state index contributed by atoms with van der Waals surface area (Å²) in [6.45, 7) is 2.46. The molecule has 1 aromatic carbocycles. The molecule has 0 saturated carbocycles. The summed E-state index contributed by atoms with van der Waals surface area (Å²) < 4.78 is 32.6. The van der Waals surface area contributed by atoms with Gasteiger partial charge in [-0.05, 0) is 55.5 Å². The summed E-state index contributed by atoms with van der Waals surface area (Å²) in [6.07, 6.45) is 3.66. The van der Waals surface area contributed by atoms with E-state index in [4.69, 9.17) is 10.5 Å². The van der Waals surface area contributed by atoms with Gasteiger partial charge in [-0.25, -0.2) is 8.42 Å². The van der Waals surface area contributed by atoms with Crippen LogP contribution >= 0.6 is 0 Å². The zero-order chi connectivity index (χ0) is 14.9. The van der Waals surface area contributed by atoms with Crippen molar-refractivity contribution < 1.29 is 13.2 Å². The molecule has 0 aliphatic carbocycles. The van der Waals surface area contributed by atoms with Crippen LogP contribution in [0.2, 0.25) is 0 Å². The summed E-state index contributed by atoms with van der Waals surface area (Å²) in [5.41, 5.74) is 6.60. The van der Waals surface area contributed by atoms with Crippen molar-refractivity contribution in [3.63, 3.8) is 0 Å². The minimum Gasteiger partial charge on any atom is -0.493 e. The molecule has 2 heterocycles. The van der Waals surface area contributed by atoms with Crippen LogP contribution in [-0.2, 0) is 16.4 Å². The van der Waals surface area contributed by atoms with Crippen LogP contribution in [0.4, 0.5) is 0 Å². The van der Waals surface area contributed by atoms with E-state index in [9.17, 15) is 8.42 Å². The number of hydrogen-bond donors (Lipinski definition) is 1. The van der Waals surface area contributed by atoms with Crippen molar-refractivity contribution in [1.29, 1.82) is 0 Å². The number of nitrogens with zero attached hydrogens (tertiary/aromatic N) is 1. The van der Waals surface area contributed by atoms with Gasteiger partial charge in [0.1, 0.15) is 5.75 Å². The van der Waals surface area contributed by atoms with Gasteiger partial charge in [0.15, 0.2) is 0 Å². The number of piperidine rings is 1. The van der Waals surface area contributed by atoms with Gasteiger partial charge in [0.25, 0.3) is 0 Å². The van der Waals surface area contributed by atoms with Gasteiger partial charge in [-0.1, -0.05) is 0 Å². The van der Waals surface area contributed by atoms with Crippen molar-refractivity contribution in [3.8, 4) is 5.75 Å². The van der Waals surface area contributed by atoms with Gasteiger partial charge in [0.2, 0.25) is 10.0 Å². The number of sulfonamides is 1. The lowest BCUT2D eigenvalue weighted by Crippen LogP contribution is -2.40. The van der Waals surface area contributed by atoms with E-state index in [0.29, 0.717) is 37.1 Å². The molecule has 1 unspecified atom stereocenters. The monoisotopic (exact) mass is 310 g/mol. The molecule has 0 bridgehead atoms. The molecule has 0 aromatic heterocycles. The molecule has 1 saturated heterocycles. The molecule has 2 aliphatic rings. The topological polar surface area (TPSA) is 72.6 Å². The van der Waals surface area contributed by atoms with Crippen LogP contribution in [-0.4, -0.2) is 39.0 Å². The first kappa shape index (κ1) is 14.8. The number of ether oxygens (including phenoxy) is 1. The normalized spacial score (nSPS) is 22.8. The van der Waals surface area contributed by atoms with Gasteiger partial charge in [0, 0.05) is 19.5 Å². The smallest absolute Gasteiger partial charge is 0.243 e. The average Bonchev–Trinajstić information content (AvgIpc) is 2.95. The third kappa shape index (κ3) is 2.93. The predicted molar refractivity (Wildman–Crippen MR) is 80.8 cm³/mol. The Bertz CT molecular complexity index is 613. The highest BCUT2D eigenvalue weighted by molar-refractivity contribution is 7.89. The third-order valence-corrected chi connectivity index (χ3v) is 6.22. The summed E-state index contributed by atoms with van der Waals surface area (Å²) >= 11 is 0. The van der Waals surface area contributed by atoms with Gasteiger partial charge >= 0.3 is 0 Å². The summed E-state index contributed by atoms with van der Waals surface area (Å²) in [4.78, 5) is 0.389. The highest BCUT2D eigenvalue weighted by Crippen LogP contribution is 2.30. The second-order valence-corrected chi connectivity index (χ2v) is 7.75. The Morgan fingerprint density at radius 1 is 1.38 bits per heavy atom. The molecule has 0 spiro atoms. The van der Waals surface area contributed by atoms with E-state index in [-0.39, 0.29) is 0 Å². The third-order valence-electron chi connectivity index (χ3n) is 4.36. The Morgan fingerprint density at radius 3 is 3.05 bits per heavy atom. The van der Waals surface area contributed by atoms with E-state index in [1.807, 2.05) is 0 Å². The van der Waals surface area contributed by atoms with E-state index in [1.54, 1.807) is 22.5 Å². The van der Waals surface area contributed by atoms with Gasteiger partial charge in [-0.3, -0.25) is 0 Å². The van der Waals surface area contributed by atoms with Crippen LogP contribution in [0.25, 0.3) is 0 Å². The van der Waals surface area contributed by atoms with Crippen LogP contribution in [0.5, 0.6) is 5.75 Å². The number of nitrogens with two attached hydrogens (primary N) is 1. The summed E-state index contributed by atoms with van der Waals surface area (Å²) in [6, 6.07) is 5.20. The number of benzene rings is 1. The second kappa shape index (κ2) is 5.94. The Morgan fingerprint density at radius 2 is 2.24 bits per heavy atom. The molecule has 2 N–H and O–H groups in total. The largest absolute Gasteiger partial charge is 0.493 e. The fraction of sp³-hybridized carbons (Fsp3) is 0.600. The molecule has 3 rings (SSSR count). The molecule has 1 aromatic rings. The highest BCUT2D eigenvalue weighted by atomic mass is 32.2. The van der Waals surface area contributed by atoms with Crippen molar-refractivity contribution >= 4 is 10.0 Å². The summed E-state index contributed by atoms with van der Waals surface area (Å²) in [7, 11) is -3.40. The number of rotatable bonds is 4. The van der Waals surface area contributed by atoms with Crippen LogP contribution in [0, 0.1) is 5.92 Å². The fourth-order valence-electron chi connectivity index (χ4n) is 3.19. The van der Waals surface area contributed by atoms with E-state index < -0.39 is 10.0 Å². The average molecular weight is 310 g/mol. The lowest BCUT2D eigenvalue weighted by atomic mass is 9.96. The van der Waals surface area contributed by atoms with E-state index in [0.717, 1.165) is 37.0 Å². The van der Waals surface area contributed by atoms with Crippen LogP contribution in [0.15, 0.2) is 23.1 Å². The predicted octanol–water partition coefficient (Wildman–Crippen LogP) is 1.37. The maximum absolute atomic E-state index is 12.8. The minimum atomic E-state index is -3.40. The first-order chi connectivity index (χ1) is 10.1. The molecule has 6 heteroatoms. The zero-order valence-corrected chi connectivity index (χ0v) is 12.9. The lowest BCUT2D eigenvalue weighted by Gasteiger charge is -2.31. The molecule has 0 radical (unpaired) electrons. The molecule has 5 nitrogen and oxygen atoms in total. The summed E-state index contributed by atoms with van der Waals surface area (Å²) in [5.74, 6) is 1.20. The second-order valence-electron chi connectivity index (χ2n) is 5.82. The molecule has 116 valence electrons. The Kier molecular flexibility index (Phi) is 4.19. The SMILES string of the molecule is NCCC1CCCN(S(=O)(=O)c2ccc3c(c2)CCO3)C1. The van der Waals surface area contributed by atoms with E-state index in [2.05, 4.69) is 0 Å². The first-order valence-corrected chi connectivity index (χ1v) is 9.01. The van der Waals surface area contributed by atoms with Gasteiger partial charge in [0.05, 0.1) is 11.5 Å².